The van der Waals surface area contributed by atoms with Gasteiger partial charge in [-0.3, -0.25) is 14.4 Å². The van der Waals surface area contributed by atoms with Crippen molar-refractivity contribution in [2.45, 2.75) is 12.3 Å². The number of aromatic amines is 1. The zero-order valence-corrected chi connectivity index (χ0v) is 14.2. The predicted molar refractivity (Wildman–Crippen MR) is 100 cm³/mol. The van der Waals surface area contributed by atoms with Crippen molar-refractivity contribution in [2.75, 3.05) is 17.3 Å². The number of nitrogens with zero attached hydrogens (tertiary/aromatic N) is 1. The Hall–Kier alpha value is -3.41. The fourth-order valence-electron chi connectivity index (χ4n) is 3.43. The molecule has 1 aliphatic heterocycles. The average Bonchev–Trinajstić information content (AvgIpc) is 2.65. The Labute approximate surface area is 149 Å². The first-order chi connectivity index (χ1) is 12.6. The molecule has 1 aromatic heterocycles. The minimum atomic E-state index is -0.563. The molecule has 0 saturated carbocycles. The number of carbonyl (C=O) groups excluding carboxylic acids is 2. The molecule has 4 rings (SSSR count). The summed E-state index contributed by atoms with van der Waals surface area (Å²) >= 11 is 0. The van der Waals surface area contributed by atoms with Gasteiger partial charge in [-0.2, -0.15) is 0 Å². The van der Waals surface area contributed by atoms with Crippen LogP contribution < -0.4 is 15.8 Å². The molecule has 0 spiro atoms. The molecule has 26 heavy (non-hydrogen) atoms. The summed E-state index contributed by atoms with van der Waals surface area (Å²) < 4.78 is 0. The van der Waals surface area contributed by atoms with Crippen LogP contribution in [-0.2, 0) is 9.59 Å². The highest BCUT2D eigenvalue weighted by Gasteiger charge is 2.33. The highest BCUT2D eigenvalue weighted by molar-refractivity contribution is 6.08. The molecule has 0 aliphatic carbocycles. The van der Waals surface area contributed by atoms with E-state index in [0.717, 1.165) is 11.3 Å². The maximum Gasteiger partial charge on any atom is 0.255 e. The third-order valence-corrected chi connectivity index (χ3v) is 4.82. The van der Waals surface area contributed by atoms with E-state index in [-0.39, 0.29) is 23.8 Å². The minimum absolute atomic E-state index is 0.0989. The fourth-order valence-corrected chi connectivity index (χ4v) is 3.43. The lowest BCUT2D eigenvalue weighted by Gasteiger charge is -2.30. The number of aromatic nitrogens is 1. The predicted octanol–water partition coefficient (Wildman–Crippen LogP) is 2.62. The van der Waals surface area contributed by atoms with Crippen LogP contribution in [0.5, 0.6) is 0 Å². The highest BCUT2D eigenvalue weighted by Crippen LogP contribution is 2.36. The Bertz CT molecular complexity index is 1090. The van der Waals surface area contributed by atoms with Gasteiger partial charge in [0.15, 0.2) is 0 Å². The highest BCUT2D eigenvalue weighted by atomic mass is 16.2. The van der Waals surface area contributed by atoms with Crippen molar-refractivity contribution in [1.29, 1.82) is 0 Å². The van der Waals surface area contributed by atoms with Crippen molar-refractivity contribution in [3.63, 3.8) is 0 Å². The molecule has 6 nitrogen and oxygen atoms in total. The van der Waals surface area contributed by atoms with Crippen molar-refractivity contribution in [3.8, 4) is 0 Å². The summed E-state index contributed by atoms with van der Waals surface area (Å²) in [6, 6.07) is 14.3. The van der Waals surface area contributed by atoms with Crippen molar-refractivity contribution in [2.24, 2.45) is 0 Å². The monoisotopic (exact) mass is 347 g/mol. The van der Waals surface area contributed by atoms with Crippen molar-refractivity contribution in [3.05, 3.63) is 70.6 Å². The molecule has 2 aromatic carbocycles. The van der Waals surface area contributed by atoms with E-state index in [1.807, 2.05) is 24.3 Å². The molecular formula is C20H17N3O3. The van der Waals surface area contributed by atoms with E-state index in [0.29, 0.717) is 16.5 Å². The third kappa shape index (κ3) is 2.56. The van der Waals surface area contributed by atoms with Crippen LogP contribution in [0.1, 0.15) is 17.9 Å². The van der Waals surface area contributed by atoms with Crippen LogP contribution in [0, 0.1) is 0 Å². The van der Waals surface area contributed by atoms with Gasteiger partial charge in [-0.15, -0.1) is 0 Å². The number of carbonyl (C=O) groups is 2. The summed E-state index contributed by atoms with van der Waals surface area (Å²) in [6.45, 7) is 0. The van der Waals surface area contributed by atoms with Crippen LogP contribution in [0.2, 0.25) is 0 Å². The molecular weight excluding hydrogens is 330 g/mol. The number of para-hydroxylation sites is 1. The molecule has 3 aromatic rings. The summed E-state index contributed by atoms with van der Waals surface area (Å²) in [5.41, 5.74) is 1.92. The minimum Gasteiger partial charge on any atom is -0.329 e. The van der Waals surface area contributed by atoms with E-state index in [9.17, 15) is 14.4 Å². The summed E-state index contributed by atoms with van der Waals surface area (Å²) in [4.78, 5) is 41.4. The number of fused-ring (bicyclic) bond motifs is 2. The topological polar surface area (TPSA) is 82.3 Å². The van der Waals surface area contributed by atoms with E-state index in [4.69, 9.17) is 0 Å². The van der Waals surface area contributed by atoms with Crippen LogP contribution in [0.25, 0.3) is 10.8 Å². The maximum atomic E-state index is 12.9. The Morgan fingerprint density at radius 3 is 2.73 bits per heavy atom. The van der Waals surface area contributed by atoms with E-state index in [2.05, 4.69) is 10.3 Å². The lowest BCUT2D eigenvalue weighted by molar-refractivity contribution is -0.124. The molecule has 0 radical (unpaired) electrons. The van der Waals surface area contributed by atoms with E-state index in [1.54, 1.807) is 42.4 Å². The van der Waals surface area contributed by atoms with Gasteiger partial charge < -0.3 is 15.2 Å². The van der Waals surface area contributed by atoms with Gasteiger partial charge in [-0.25, -0.2) is 0 Å². The molecule has 0 saturated heterocycles. The fraction of sp³-hybridized carbons (Fsp3) is 0.150. The zero-order valence-electron chi connectivity index (χ0n) is 14.2. The zero-order chi connectivity index (χ0) is 18.3. The molecule has 6 heteroatoms. The standard InChI is InChI=1S/C20H17N3O3/c1-23-17-8-3-2-5-13(17)15(11-18(23)24)20(26)22-16-7-4-6-14-12(16)9-10-21-19(14)25/h2-10,15H,11H2,1H3,(H,21,25)(H,22,26). The van der Waals surface area contributed by atoms with Crippen molar-refractivity contribution >= 4 is 34.0 Å². The number of anilines is 2. The van der Waals surface area contributed by atoms with Gasteiger partial charge in [-0.1, -0.05) is 24.3 Å². The molecule has 2 amide bonds. The number of rotatable bonds is 2. The van der Waals surface area contributed by atoms with Crippen LogP contribution in [-0.4, -0.2) is 23.8 Å². The normalized spacial score (nSPS) is 16.4. The molecule has 2 heterocycles. The summed E-state index contributed by atoms with van der Waals surface area (Å²) in [5, 5.41) is 4.06. The number of pyridine rings is 1. The second-order valence-corrected chi connectivity index (χ2v) is 6.33. The quantitative estimate of drug-likeness (QED) is 0.748. The maximum absolute atomic E-state index is 12.9. The number of hydrogen-bond donors (Lipinski definition) is 2. The molecule has 2 N–H and O–H groups in total. The van der Waals surface area contributed by atoms with Crippen LogP contribution in [0.15, 0.2) is 59.5 Å². The van der Waals surface area contributed by atoms with E-state index < -0.39 is 5.92 Å². The third-order valence-electron chi connectivity index (χ3n) is 4.82. The second-order valence-electron chi connectivity index (χ2n) is 6.33. The van der Waals surface area contributed by atoms with Crippen molar-refractivity contribution in [1.82, 2.24) is 4.98 Å². The van der Waals surface area contributed by atoms with Crippen LogP contribution in [0.4, 0.5) is 11.4 Å². The Kier molecular flexibility index (Phi) is 3.80. The molecule has 1 atom stereocenters. The van der Waals surface area contributed by atoms with Gasteiger partial charge in [0.25, 0.3) is 5.56 Å². The van der Waals surface area contributed by atoms with Gasteiger partial charge in [-0.05, 0) is 29.8 Å². The summed E-state index contributed by atoms with van der Waals surface area (Å²) in [7, 11) is 1.71. The van der Waals surface area contributed by atoms with Gasteiger partial charge in [0.2, 0.25) is 11.8 Å². The van der Waals surface area contributed by atoms with Gasteiger partial charge >= 0.3 is 0 Å². The van der Waals surface area contributed by atoms with Crippen molar-refractivity contribution < 1.29 is 9.59 Å². The number of amides is 2. The van der Waals surface area contributed by atoms with E-state index in [1.165, 1.54) is 0 Å². The molecule has 1 aliphatic rings. The first-order valence-electron chi connectivity index (χ1n) is 8.33. The Morgan fingerprint density at radius 1 is 1.08 bits per heavy atom. The Balaban J connectivity index is 1.72. The average molecular weight is 347 g/mol. The molecule has 1 unspecified atom stereocenters. The summed E-state index contributed by atoms with van der Waals surface area (Å²) in [5.74, 6) is -0.919. The number of H-pyrrole nitrogens is 1. The number of hydrogen-bond acceptors (Lipinski definition) is 3. The van der Waals surface area contributed by atoms with Crippen LogP contribution >= 0.6 is 0 Å². The number of nitrogens with one attached hydrogen (secondary N) is 2. The largest absolute Gasteiger partial charge is 0.329 e. The van der Waals surface area contributed by atoms with Gasteiger partial charge in [0, 0.05) is 41.8 Å². The van der Waals surface area contributed by atoms with Crippen LogP contribution in [0.3, 0.4) is 0 Å². The molecule has 0 bridgehead atoms. The summed E-state index contributed by atoms with van der Waals surface area (Å²) in [6.07, 6.45) is 1.67. The smallest absolute Gasteiger partial charge is 0.255 e. The van der Waals surface area contributed by atoms with Gasteiger partial charge in [0.05, 0.1) is 5.92 Å². The lowest BCUT2D eigenvalue weighted by atomic mass is 9.89. The first kappa shape index (κ1) is 16.1. The molecule has 130 valence electrons. The van der Waals surface area contributed by atoms with E-state index >= 15 is 0 Å². The number of benzene rings is 2. The second kappa shape index (κ2) is 6.15. The molecule has 0 fully saturated rings. The first-order valence-corrected chi connectivity index (χ1v) is 8.33. The Morgan fingerprint density at radius 2 is 1.88 bits per heavy atom. The lowest BCUT2D eigenvalue weighted by Crippen LogP contribution is -2.37. The SMILES string of the molecule is CN1C(=O)CC(C(=O)Nc2cccc3c(=O)[nH]ccc23)c2ccccc21. The van der Waals surface area contributed by atoms with Gasteiger partial charge in [0.1, 0.15) is 0 Å².